The normalized spacial score (nSPS) is 17.3. The van der Waals surface area contributed by atoms with Crippen LogP contribution in [0.3, 0.4) is 0 Å². The first kappa shape index (κ1) is 14.1. The Labute approximate surface area is 116 Å². The van der Waals surface area contributed by atoms with E-state index in [4.69, 9.17) is 0 Å². The zero-order valence-corrected chi connectivity index (χ0v) is 11.8. The van der Waals surface area contributed by atoms with Crippen molar-refractivity contribution in [3.8, 4) is 0 Å². The number of rotatable bonds is 5. The van der Waals surface area contributed by atoms with Gasteiger partial charge >= 0.3 is 0 Å². The van der Waals surface area contributed by atoms with Crippen LogP contribution in [-0.4, -0.2) is 36.5 Å². The third kappa shape index (κ3) is 4.67. The van der Waals surface area contributed by atoms with E-state index in [9.17, 15) is 4.79 Å². The zero-order valence-electron chi connectivity index (χ0n) is 11.8. The zero-order chi connectivity index (χ0) is 13.5. The minimum atomic E-state index is 0.193. The van der Waals surface area contributed by atoms with Crippen LogP contribution in [0.25, 0.3) is 0 Å². The van der Waals surface area contributed by atoms with Gasteiger partial charge in [-0.25, -0.2) is 0 Å². The molecule has 1 saturated heterocycles. The number of hydrogen-bond donors (Lipinski definition) is 1. The molecule has 1 aromatic rings. The first-order valence-electron chi connectivity index (χ1n) is 7.33. The number of likely N-dealkylation sites (tertiary alicyclic amines) is 1. The lowest BCUT2D eigenvalue weighted by Gasteiger charge is -2.31. The van der Waals surface area contributed by atoms with E-state index in [0.29, 0.717) is 12.5 Å². The number of carbonyl (C=O) groups excluding carboxylic acids is 1. The van der Waals surface area contributed by atoms with Gasteiger partial charge in [-0.3, -0.25) is 4.79 Å². The van der Waals surface area contributed by atoms with Crippen molar-refractivity contribution in [3.05, 3.63) is 35.9 Å². The predicted octanol–water partition coefficient (Wildman–Crippen LogP) is 2.22. The molecular weight excluding hydrogens is 236 g/mol. The molecule has 0 saturated carbocycles. The van der Waals surface area contributed by atoms with Crippen molar-refractivity contribution in [3.63, 3.8) is 0 Å². The minimum Gasteiger partial charge on any atom is -0.353 e. The second-order valence-electron chi connectivity index (χ2n) is 5.26. The summed E-state index contributed by atoms with van der Waals surface area (Å²) in [4.78, 5) is 14.3. The van der Waals surface area contributed by atoms with Crippen molar-refractivity contribution in [1.82, 2.24) is 10.2 Å². The molecule has 1 N–H and O–H groups in total. The van der Waals surface area contributed by atoms with Crippen molar-refractivity contribution in [2.24, 2.45) is 0 Å². The maximum absolute atomic E-state index is 11.9. The predicted molar refractivity (Wildman–Crippen MR) is 78.0 cm³/mol. The molecule has 1 aliphatic rings. The van der Waals surface area contributed by atoms with Crippen LogP contribution in [0.2, 0.25) is 0 Å². The summed E-state index contributed by atoms with van der Waals surface area (Å²) in [5.74, 6) is 0.193. The largest absolute Gasteiger partial charge is 0.353 e. The first-order chi connectivity index (χ1) is 9.28. The van der Waals surface area contributed by atoms with Gasteiger partial charge in [0.15, 0.2) is 0 Å². The van der Waals surface area contributed by atoms with Crippen LogP contribution in [0.15, 0.2) is 30.3 Å². The molecule has 1 aliphatic heterocycles. The van der Waals surface area contributed by atoms with E-state index in [0.717, 1.165) is 38.9 Å². The average molecular weight is 260 g/mol. The summed E-state index contributed by atoms with van der Waals surface area (Å²) in [6.45, 7) is 5.54. The third-order valence-electron chi connectivity index (χ3n) is 3.88. The highest BCUT2D eigenvalue weighted by molar-refractivity contribution is 5.76. The Morgan fingerprint density at radius 2 is 1.95 bits per heavy atom. The van der Waals surface area contributed by atoms with Crippen molar-refractivity contribution in [2.45, 2.75) is 38.6 Å². The van der Waals surface area contributed by atoms with E-state index in [2.05, 4.69) is 29.3 Å². The van der Waals surface area contributed by atoms with Crippen LogP contribution >= 0.6 is 0 Å². The van der Waals surface area contributed by atoms with E-state index in [1.807, 2.05) is 18.2 Å². The topological polar surface area (TPSA) is 32.3 Å². The Bertz CT molecular complexity index is 383. The van der Waals surface area contributed by atoms with Crippen LogP contribution in [0.4, 0.5) is 0 Å². The van der Waals surface area contributed by atoms with Crippen molar-refractivity contribution < 1.29 is 4.79 Å². The van der Waals surface area contributed by atoms with Crippen molar-refractivity contribution in [2.75, 3.05) is 19.6 Å². The Kier molecular flexibility index (Phi) is 5.40. The van der Waals surface area contributed by atoms with Crippen LogP contribution in [-0.2, 0) is 11.2 Å². The lowest BCUT2D eigenvalue weighted by molar-refractivity contribution is -0.122. The summed E-state index contributed by atoms with van der Waals surface area (Å²) in [7, 11) is 0. The van der Waals surface area contributed by atoms with Crippen LogP contribution < -0.4 is 5.32 Å². The van der Waals surface area contributed by atoms with Gasteiger partial charge in [0.25, 0.3) is 0 Å². The molecule has 0 aromatic heterocycles. The molecule has 1 heterocycles. The van der Waals surface area contributed by atoms with E-state index >= 15 is 0 Å². The maximum atomic E-state index is 11.9. The number of carbonyl (C=O) groups is 1. The van der Waals surface area contributed by atoms with Gasteiger partial charge in [-0.2, -0.15) is 0 Å². The lowest BCUT2D eigenvalue weighted by atomic mass is 10.0. The molecule has 2 rings (SSSR count). The molecule has 0 bridgehead atoms. The standard InChI is InChI=1S/C16H24N2O/c1-2-18-12-10-15(11-13-18)17-16(19)9-8-14-6-4-3-5-7-14/h3-7,15H,2,8-13H2,1H3,(H,17,19). The molecule has 0 unspecified atom stereocenters. The third-order valence-corrected chi connectivity index (χ3v) is 3.88. The molecule has 104 valence electrons. The second-order valence-corrected chi connectivity index (χ2v) is 5.26. The van der Waals surface area contributed by atoms with E-state index < -0.39 is 0 Å². The van der Waals surface area contributed by atoms with E-state index in [1.165, 1.54) is 5.56 Å². The molecule has 0 radical (unpaired) electrons. The van der Waals surface area contributed by atoms with Crippen LogP contribution in [0.1, 0.15) is 31.7 Å². The number of hydrogen-bond acceptors (Lipinski definition) is 2. The Morgan fingerprint density at radius 1 is 1.26 bits per heavy atom. The number of benzene rings is 1. The van der Waals surface area contributed by atoms with Gasteiger partial charge in [-0.05, 0) is 31.4 Å². The fourth-order valence-electron chi connectivity index (χ4n) is 2.60. The molecule has 1 fully saturated rings. The van der Waals surface area contributed by atoms with Gasteiger partial charge in [0, 0.05) is 25.6 Å². The highest BCUT2D eigenvalue weighted by Crippen LogP contribution is 2.10. The van der Waals surface area contributed by atoms with Gasteiger partial charge in [-0.1, -0.05) is 37.3 Å². The summed E-state index contributed by atoms with van der Waals surface area (Å²) in [5.41, 5.74) is 1.23. The quantitative estimate of drug-likeness (QED) is 0.880. The summed E-state index contributed by atoms with van der Waals surface area (Å²) < 4.78 is 0. The number of nitrogens with one attached hydrogen (secondary N) is 1. The highest BCUT2D eigenvalue weighted by atomic mass is 16.1. The number of amides is 1. The number of aryl methyl sites for hydroxylation is 1. The maximum Gasteiger partial charge on any atom is 0.220 e. The van der Waals surface area contributed by atoms with Crippen molar-refractivity contribution in [1.29, 1.82) is 0 Å². The lowest BCUT2D eigenvalue weighted by Crippen LogP contribution is -2.44. The smallest absolute Gasteiger partial charge is 0.220 e. The average Bonchev–Trinajstić information content (AvgIpc) is 2.47. The van der Waals surface area contributed by atoms with E-state index in [-0.39, 0.29) is 5.91 Å². The number of nitrogens with zero attached hydrogens (tertiary/aromatic N) is 1. The molecule has 0 aliphatic carbocycles. The highest BCUT2D eigenvalue weighted by Gasteiger charge is 2.19. The summed E-state index contributed by atoms with van der Waals surface area (Å²) in [5, 5.41) is 3.17. The number of piperidine rings is 1. The minimum absolute atomic E-state index is 0.193. The van der Waals surface area contributed by atoms with Crippen LogP contribution in [0.5, 0.6) is 0 Å². The summed E-state index contributed by atoms with van der Waals surface area (Å²) in [6.07, 6.45) is 3.61. The molecule has 3 nitrogen and oxygen atoms in total. The molecular formula is C16H24N2O. The van der Waals surface area contributed by atoms with Gasteiger partial charge < -0.3 is 10.2 Å². The van der Waals surface area contributed by atoms with Gasteiger partial charge in [-0.15, -0.1) is 0 Å². The fourth-order valence-corrected chi connectivity index (χ4v) is 2.60. The molecule has 1 aromatic carbocycles. The fraction of sp³-hybridized carbons (Fsp3) is 0.562. The molecule has 3 heteroatoms. The van der Waals surface area contributed by atoms with Crippen molar-refractivity contribution >= 4 is 5.91 Å². The Hall–Kier alpha value is -1.35. The monoisotopic (exact) mass is 260 g/mol. The van der Waals surface area contributed by atoms with Gasteiger partial charge in [0.2, 0.25) is 5.91 Å². The SMILES string of the molecule is CCN1CCC(NC(=O)CCc2ccccc2)CC1. The summed E-state index contributed by atoms with van der Waals surface area (Å²) >= 11 is 0. The second kappa shape index (κ2) is 7.29. The Morgan fingerprint density at radius 3 is 2.58 bits per heavy atom. The Balaban J connectivity index is 1.67. The van der Waals surface area contributed by atoms with E-state index in [1.54, 1.807) is 0 Å². The molecule has 1 amide bonds. The van der Waals surface area contributed by atoms with Crippen LogP contribution in [0, 0.1) is 0 Å². The molecule has 0 spiro atoms. The first-order valence-corrected chi connectivity index (χ1v) is 7.33. The van der Waals surface area contributed by atoms with Gasteiger partial charge in [0.05, 0.1) is 0 Å². The molecule has 0 atom stereocenters. The molecule has 19 heavy (non-hydrogen) atoms. The summed E-state index contributed by atoms with van der Waals surface area (Å²) in [6, 6.07) is 10.6. The van der Waals surface area contributed by atoms with Gasteiger partial charge in [0.1, 0.15) is 0 Å².